The van der Waals surface area contributed by atoms with E-state index in [1.807, 2.05) is 6.92 Å². The van der Waals surface area contributed by atoms with E-state index in [9.17, 15) is 14.7 Å². The van der Waals surface area contributed by atoms with Gasteiger partial charge < -0.3 is 29.9 Å². The first-order valence-corrected chi connectivity index (χ1v) is 8.55. The molecule has 0 aromatic rings. The van der Waals surface area contributed by atoms with E-state index in [0.717, 1.165) is 0 Å². The van der Waals surface area contributed by atoms with Crippen LogP contribution in [-0.4, -0.2) is 72.0 Å². The van der Waals surface area contributed by atoms with E-state index in [2.05, 4.69) is 13.2 Å². The van der Waals surface area contributed by atoms with E-state index in [4.69, 9.17) is 24.8 Å². The largest absolute Gasteiger partial charge is 0.462 e. The lowest BCUT2D eigenvalue weighted by Crippen LogP contribution is -2.35. The number of aliphatic hydroxyl groups excluding tert-OH is 4. The second-order valence-electron chi connectivity index (χ2n) is 7.01. The fraction of sp³-hybridized carbons (Fsp3) is 0.684. The van der Waals surface area contributed by atoms with Crippen LogP contribution < -0.4 is 0 Å². The highest BCUT2D eigenvalue weighted by Crippen LogP contribution is 2.18. The van der Waals surface area contributed by atoms with E-state index in [-0.39, 0.29) is 50.8 Å². The van der Waals surface area contributed by atoms with Crippen LogP contribution in [0.1, 0.15) is 34.1 Å². The minimum Gasteiger partial charge on any atom is -0.462 e. The first kappa shape index (κ1) is 27.5. The molecule has 0 rings (SSSR count). The Morgan fingerprint density at radius 2 is 1.15 bits per heavy atom. The van der Waals surface area contributed by atoms with Crippen molar-refractivity contribution in [2.45, 2.75) is 34.1 Å². The summed E-state index contributed by atoms with van der Waals surface area (Å²) in [5, 5.41) is 35.2. The zero-order valence-corrected chi connectivity index (χ0v) is 16.8. The predicted octanol–water partition coefficient (Wildman–Crippen LogP) is 0.583. The molecule has 0 unspecified atom stereocenters. The summed E-state index contributed by atoms with van der Waals surface area (Å²) in [7, 11) is 0. The Labute approximate surface area is 161 Å². The Morgan fingerprint density at radius 1 is 0.815 bits per heavy atom. The van der Waals surface area contributed by atoms with Gasteiger partial charge in [0, 0.05) is 16.6 Å². The third-order valence-corrected chi connectivity index (χ3v) is 3.94. The van der Waals surface area contributed by atoms with Crippen LogP contribution in [0.5, 0.6) is 0 Å². The fourth-order valence-corrected chi connectivity index (χ4v) is 1.34. The molecule has 0 aliphatic rings. The summed E-state index contributed by atoms with van der Waals surface area (Å²) in [6.45, 7) is 12.5. The minimum absolute atomic E-state index is 0.0569. The number of aliphatic hydroxyl groups is 4. The van der Waals surface area contributed by atoms with Gasteiger partial charge in [-0.3, -0.25) is 0 Å². The van der Waals surface area contributed by atoms with Crippen molar-refractivity contribution in [1.29, 1.82) is 0 Å². The topological polar surface area (TPSA) is 134 Å². The molecule has 0 aromatic heterocycles. The smallest absolute Gasteiger partial charge is 0.333 e. The molecule has 0 aliphatic heterocycles. The van der Waals surface area contributed by atoms with Crippen LogP contribution >= 0.6 is 0 Å². The molecule has 0 heterocycles. The molecule has 0 atom stereocenters. The molecule has 0 aliphatic carbocycles. The Balaban J connectivity index is 0. The van der Waals surface area contributed by atoms with E-state index < -0.39 is 22.8 Å². The minimum atomic E-state index is -0.837. The SMILES string of the molecule is C=C(C)C(=O)OCC(C)(CO)COC(=O)C(=C)C.CCC(CO)(CO)CO. The van der Waals surface area contributed by atoms with Gasteiger partial charge in [-0.15, -0.1) is 0 Å². The standard InChI is InChI=1S/C13H20O5.C6H14O3/c1-9(2)11(15)17-7-13(5,6-14)8-18-12(16)10(3)4;1-2-6(3-7,4-8)5-9/h14H,1,3,6-8H2,2,4-5H3;7-9H,2-5H2,1H3. The molecule has 8 nitrogen and oxygen atoms in total. The van der Waals surface area contributed by atoms with E-state index in [1.165, 1.54) is 13.8 Å². The number of rotatable bonds is 11. The van der Waals surface area contributed by atoms with Crippen molar-refractivity contribution in [2.75, 3.05) is 39.6 Å². The Kier molecular flexibility index (Phi) is 13.7. The van der Waals surface area contributed by atoms with Crippen LogP contribution in [0.3, 0.4) is 0 Å². The van der Waals surface area contributed by atoms with Gasteiger partial charge in [0.2, 0.25) is 0 Å². The Hall–Kier alpha value is -1.74. The second kappa shape index (κ2) is 13.4. The monoisotopic (exact) mass is 390 g/mol. The molecule has 0 aromatic carbocycles. The lowest BCUT2D eigenvalue weighted by molar-refractivity contribution is -0.150. The highest BCUT2D eigenvalue weighted by atomic mass is 16.5. The number of hydrogen-bond donors (Lipinski definition) is 4. The van der Waals surface area contributed by atoms with Gasteiger partial charge in [0.25, 0.3) is 0 Å². The van der Waals surface area contributed by atoms with Crippen molar-refractivity contribution in [3.63, 3.8) is 0 Å². The Morgan fingerprint density at radius 3 is 1.30 bits per heavy atom. The third kappa shape index (κ3) is 10.9. The van der Waals surface area contributed by atoms with Crippen LogP contribution in [0.15, 0.2) is 24.3 Å². The van der Waals surface area contributed by atoms with E-state index in [1.54, 1.807) is 6.92 Å². The highest BCUT2D eigenvalue weighted by Gasteiger charge is 2.28. The van der Waals surface area contributed by atoms with E-state index >= 15 is 0 Å². The van der Waals surface area contributed by atoms with Crippen LogP contribution in [-0.2, 0) is 19.1 Å². The molecule has 0 saturated carbocycles. The maximum absolute atomic E-state index is 11.2. The van der Waals surface area contributed by atoms with Gasteiger partial charge in [0.05, 0.1) is 31.8 Å². The van der Waals surface area contributed by atoms with Gasteiger partial charge >= 0.3 is 11.9 Å². The van der Waals surface area contributed by atoms with Crippen LogP contribution in [0, 0.1) is 10.8 Å². The van der Waals surface area contributed by atoms with Gasteiger partial charge in [0.1, 0.15) is 13.2 Å². The summed E-state index contributed by atoms with van der Waals surface area (Å²) in [6.07, 6.45) is 0.594. The summed E-state index contributed by atoms with van der Waals surface area (Å²) in [4.78, 5) is 22.5. The number of carbonyl (C=O) groups is 2. The summed E-state index contributed by atoms with van der Waals surface area (Å²) in [5.41, 5.74) is -0.959. The van der Waals surface area contributed by atoms with Crippen molar-refractivity contribution in [3.8, 4) is 0 Å². The van der Waals surface area contributed by atoms with Gasteiger partial charge in [-0.25, -0.2) is 9.59 Å². The lowest BCUT2D eigenvalue weighted by atomic mass is 9.88. The molecule has 0 spiro atoms. The lowest BCUT2D eigenvalue weighted by Gasteiger charge is -2.26. The number of esters is 2. The van der Waals surface area contributed by atoms with Gasteiger partial charge in [0.15, 0.2) is 0 Å². The molecule has 158 valence electrons. The first-order valence-electron chi connectivity index (χ1n) is 8.55. The molecular formula is C19H34O8. The average Bonchev–Trinajstić information content (AvgIpc) is 2.66. The van der Waals surface area contributed by atoms with Crippen molar-refractivity contribution >= 4 is 11.9 Å². The second-order valence-corrected chi connectivity index (χ2v) is 7.01. The molecule has 27 heavy (non-hydrogen) atoms. The summed E-state index contributed by atoms with van der Waals surface area (Å²) < 4.78 is 9.88. The zero-order valence-electron chi connectivity index (χ0n) is 16.8. The number of ether oxygens (including phenoxy) is 2. The zero-order chi connectivity index (χ0) is 21.7. The van der Waals surface area contributed by atoms with Crippen molar-refractivity contribution in [2.24, 2.45) is 10.8 Å². The Bertz CT molecular complexity index is 446. The summed E-state index contributed by atoms with van der Waals surface area (Å²) in [5.74, 6) is -1.08. The normalized spacial score (nSPS) is 11.1. The molecule has 0 amide bonds. The maximum atomic E-state index is 11.2. The number of carbonyl (C=O) groups excluding carboxylic acids is 2. The van der Waals surface area contributed by atoms with Crippen molar-refractivity contribution in [1.82, 2.24) is 0 Å². The summed E-state index contributed by atoms with van der Waals surface area (Å²) in [6, 6.07) is 0. The highest BCUT2D eigenvalue weighted by molar-refractivity contribution is 5.87. The summed E-state index contributed by atoms with van der Waals surface area (Å²) >= 11 is 0. The van der Waals surface area contributed by atoms with Crippen LogP contribution in [0.25, 0.3) is 0 Å². The average molecular weight is 390 g/mol. The molecular weight excluding hydrogens is 356 g/mol. The predicted molar refractivity (Wildman–Crippen MR) is 101 cm³/mol. The van der Waals surface area contributed by atoms with Crippen molar-refractivity contribution in [3.05, 3.63) is 24.3 Å². The van der Waals surface area contributed by atoms with Crippen LogP contribution in [0.4, 0.5) is 0 Å². The third-order valence-electron chi connectivity index (χ3n) is 3.94. The van der Waals surface area contributed by atoms with Gasteiger partial charge in [-0.1, -0.05) is 27.0 Å². The fourth-order valence-electron chi connectivity index (χ4n) is 1.34. The van der Waals surface area contributed by atoms with Crippen LogP contribution in [0.2, 0.25) is 0 Å². The molecule has 4 N–H and O–H groups in total. The quantitative estimate of drug-likeness (QED) is 0.297. The number of hydrogen-bond acceptors (Lipinski definition) is 8. The molecule has 0 bridgehead atoms. The molecule has 0 fully saturated rings. The van der Waals surface area contributed by atoms with E-state index in [0.29, 0.717) is 6.42 Å². The van der Waals surface area contributed by atoms with Gasteiger partial charge in [-0.05, 0) is 20.3 Å². The molecule has 8 heteroatoms. The molecule has 0 radical (unpaired) electrons. The maximum Gasteiger partial charge on any atom is 0.333 e. The first-order chi connectivity index (χ1) is 12.5. The molecule has 0 saturated heterocycles. The van der Waals surface area contributed by atoms with Gasteiger partial charge in [-0.2, -0.15) is 0 Å². The van der Waals surface area contributed by atoms with Crippen molar-refractivity contribution < 1.29 is 39.5 Å².